The highest BCUT2D eigenvalue weighted by atomic mass is 32.2. The van der Waals surface area contributed by atoms with Gasteiger partial charge in [-0.2, -0.15) is 5.26 Å². The van der Waals surface area contributed by atoms with Gasteiger partial charge < -0.3 is 14.8 Å². The van der Waals surface area contributed by atoms with Crippen molar-refractivity contribution in [3.63, 3.8) is 0 Å². The van der Waals surface area contributed by atoms with Crippen LogP contribution in [0.3, 0.4) is 0 Å². The topological polar surface area (TPSA) is 80.1 Å². The van der Waals surface area contributed by atoms with E-state index in [2.05, 4.69) is 21.4 Å². The standard InChI is InChI=1S/C20H16N4O2S/c1-27-20-23-18(14-5-3-2-4-6-14)15(10-21)19(24-20)22-11-13-7-8-16-17(9-13)26-12-25-16/h2-9H,11-12H2,1H3,(H,22,23,24). The zero-order valence-corrected chi connectivity index (χ0v) is 15.4. The molecular formula is C20H16N4O2S. The first-order valence-corrected chi connectivity index (χ1v) is 9.55. The molecule has 0 unspecified atom stereocenters. The van der Waals surface area contributed by atoms with Crippen LogP contribution in [0.1, 0.15) is 11.1 Å². The van der Waals surface area contributed by atoms with Gasteiger partial charge in [-0.15, -0.1) is 0 Å². The summed E-state index contributed by atoms with van der Waals surface area (Å²) >= 11 is 1.44. The van der Waals surface area contributed by atoms with E-state index in [1.165, 1.54) is 11.8 Å². The van der Waals surface area contributed by atoms with Crippen LogP contribution in [0.5, 0.6) is 11.5 Å². The van der Waals surface area contributed by atoms with E-state index in [9.17, 15) is 5.26 Å². The van der Waals surface area contributed by atoms with Crippen LogP contribution in [-0.2, 0) is 6.54 Å². The molecule has 27 heavy (non-hydrogen) atoms. The van der Waals surface area contributed by atoms with E-state index in [0.717, 1.165) is 22.6 Å². The van der Waals surface area contributed by atoms with E-state index in [1.807, 2.05) is 54.8 Å². The summed E-state index contributed by atoms with van der Waals surface area (Å²) in [6.07, 6.45) is 1.91. The molecule has 0 bridgehead atoms. The first-order valence-electron chi connectivity index (χ1n) is 8.32. The fourth-order valence-corrected chi connectivity index (χ4v) is 3.17. The highest BCUT2D eigenvalue weighted by Crippen LogP contribution is 2.33. The molecule has 0 radical (unpaired) electrons. The van der Waals surface area contributed by atoms with Gasteiger partial charge in [0.05, 0.1) is 5.69 Å². The highest BCUT2D eigenvalue weighted by Gasteiger charge is 2.17. The number of hydrogen-bond donors (Lipinski definition) is 1. The zero-order chi connectivity index (χ0) is 18.6. The van der Waals surface area contributed by atoms with Crippen LogP contribution in [0.4, 0.5) is 5.82 Å². The molecule has 0 spiro atoms. The summed E-state index contributed by atoms with van der Waals surface area (Å²) in [5, 5.41) is 13.6. The molecule has 1 aromatic heterocycles. The third kappa shape index (κ3) is 3.52. The van der Waals surface area contributed by atoms with Crippen LogP contribution in [0.2, 0.25) is 0 Å². The van der Waals surface area contributed by atoms with Gasteiger partial charge in [0.1, 0.15) is 17.5 Å². The van der Waals surface area contributed by atoms with Crippen LogP contribution in [-0.4, -0.2) is 23.0 Å². The Kier molecular flexibility index (Phi) is 4.81. The maximum Gasteiger partial charge on any atom is 0.231 e. The molecule has 7 heteroatoms. The Labute approximate surface area is 161 Å². The molecule has 1 aliphatic rings. The average molecular weight is 376 g/mol. The number of rotatable bonds is 5. The maximum absolute atomic E-state index is 9.73. The minimum atomic E-state index is 0.244. The van der Waals surface area contributed by atoms with Crippen molar-refractivity contribution in [2.24, 2.45) is 0 Å². The van der Waals surface area contributed by atoms with Crippen molar-refractivity contribution in [2.75, 3.05) is 18.4 Å². The van der Waals surface area contributed by atoms with Crippen LogP contribution in [0.25, 0.3) is 11.3 Å². The Morgan fingerprint density at radius 3 is 2.70 bits per heavy atom. The quantitative estimate of drug-likeness (QED) is 0.531. The number of anilines is 1. The van der Waals surface area contributed by atoms with Crippen molar-refractivity contribution >= 4 is 17.6 Å². The van der Waals surface area contributed by atoms with Gasteiger partial charge in [0.2, 0.25) is 6.79 Å². The summed E-state index contributed by atoms with van der Waals surface area (Å²) < 4.78 is 10.8. The molecule has 1 N–H and O–H groups in total. The summed E-state index contributed by atoms with van der Waals surface area (Å²) in [5.41, 5.74) is 2.96. The Morgan fingerprint density at radius 2 is 1.93 bits per heavy atom. The molecule has 134 valence electrons. The van der Waals surface area contributed by atoms with Gasteiger partial charge >= 0.3 is 0 Å². The highest BCUT2D eigenvalue weighted by molar-refractivity contribution is 7.98. The third-order valence-corrected chi connectivity index (χ3v) is 4.67. The molecular weight excluding hydrogens is 360 g/mol. The number of hydrogen-bond acceptors (Lipinski definition) is 7. The normalized spacial score (nSPS) is 11.9. The number of nitrogens with zero attached hydrogens (tertiary/aromatic N) is 3. The molecule has 2 aromatic carbocycles. The molecule has 0 amide bonds. The van der Waals surface area contributed by atoms with Crippen molar-refractivity contribution in [3.8, 4) is 28.8 Å². The van der Waals surface area contributed by atoms with E-state index >= 15 is 0 Å². The lowest BCUT2D eigenvalue weighted by atomic mass is 10.1. The summed E-state index contributed by atoms with van der Waals surface area (Å²) in [4.78, 5) is 9.05. The number of benzene rings is 2. The largest absolute Gasteiger partial charge is 0.454 e. The summed E-state index contributed by atoms with van der Waals surface area (Å²) in [5.74, 6) is 2.00. The lowest BCUT2D eigenvalue weighted by Gasteiger charge is -2.12. The molecule has 0 fully saturated rings. The van der Waals surface area contributed by atoms with Crippen LogP contribution in [0, 0.1) is 11.3 Å². The van der Waals surface area contributed by atoms with Crippen molar-refractivity contribution in [1.29, 1.82) is 5.26 Å². The second-order valence-corrected chi connectivity index (χ2v) is 6.57. The zero-order valence-electron chi connectivity index (χ0n) is 14.6. The molecule has 0 aliphatic carbocycles. The number of aromatic nitrogens is 2. The van der Waals surface area contributed by atoms with Gasteiger partial charge in [0.25, 0.3) is 0 Å². The van der Waals surface area contributed by atoms with Gasteiger partial charge in [-0.1, -0.05) is 48.2 Å². The predicted molar refractivity (Wildman–Crippen MR) is 104 cm³/mol. The monoisotopic (exact) mass is 376 g/mol. The third-order valence-electron chi connectivity index (χ3n) is 4.13. The molecule has 3 aromatic rings. The van der Waals surface area contributed by atoms with Crippen molar-refractivity contribution in [2.45, 2.75) is 11.7 Å². The Hall–Kier alpha value is -3.24. The Morgan fingerprint density at radius 1 is 1.11 bits per heavy atom. The van der Waals surface area contributed by atoms with Gasteiger partial charge in [-0.05, 0) is 24.0 Å². The first-order chi connectivity index (χ1) is 13.3. The van der Waals surface area contributed by atoms with E-state index < -0.39 is 0 Å². The smallest absolute Gasteiger partial charge is 0.231 e. The van der Waals surface area contributed by atoms with E-state index in [-0.39, 0.29) is 6.79 Å². The van der Waals surface area contributed by atoms with Crippen LogP contribution < -0.4 is 14.8 Å². The summed E-state index contributed by atoms with van der Waals surface area (Å²) in [6.45, 7) is 0.749. The number of nitrogens with one attached hydrogen (secondary N) is 1. The minimum absolute atomic E-state index is 0.244. The van der Waals surface area contributed by atoms with Crippen LogP contribution in [0.15, 0.2) is 53.7 Å². The number of nitriles is 1. The van der Waals surface area contributed by atoms with E-state index in [1.54, 1.807) is 0 Å². The van der Waals surface area contributed by atoms with E-state index in [0.29, 0.717) is 28.8 Å². The minimum Gasteiger partial charge on any atom is -0.454 e. The molecule has 0 saturated carbocycles. The second kappa shape index (κ2) is 7.56. The van der Waals surface area contributed by atoms with Gasteiger partial charge in [-0.3, -0.25) is 0 Å². The van der Waals surface area contributed by atoms with Gasteiger partial charge in [0, 0.05) is 12.1 Å². The summed E-state index contributed by atoms with van der Waals surface area (Å²) in [7, 11) is 0. The lowest BCUT2D eigenvalue weighted by molar-refractivity contribution is 0.174. The Balaban J connectivity index is 1.66. The molecule has 2 heterocycles. The summed E-state index contributed by atoms with van der Waals surface area (Å²) in [6, 6.07) is 17.7. The predicted octanol–water partition coefficient (Wildman–Crippen LogP) is 4.08. The number of fused-ring (bicyclic) bond motifs is 1. The number of ether oxygens (including phenoxy) is 2. The van der Waals surface area contributed by atoms with Gasteiger partial charge in [0.15, 0.2) is 16.7 Å². The lowest BCUT2D eigenvalue weighted by Crippen LogP contribution is -2.07. The second-order valence-electron chi connectivity index (χ2n) is 5.80. The maximum atomic E-state index is 9.73. The molecule has 0 atom stereocenters. The van der Waals surface area contributed by atoms with Crippen molar-refractivity contribution in [3.05, 3.63) is 59.7 Å². The first kappa shape index (κ1) is 17.2. The fourth-order valence-electron chi connectivity index (χ4n) is 2.81. The van der Waals surface area contributed by atoms with Crippen LogP contribution >= 0.6 is 11.8 Å². The number of thioether (sulfide) groups is 1. The SMILES string of the molecule is CSc1nc(NCc2ccc3c(c2)OCO3)c(C#N)c(-c2ccccc2)n1. The average Bonchev–Trinajstić information content (AvgIpc) is 3.20. The molecule has 4 rings (SSSR count). The van der Waals surface area contributed by atoms with Crippen molar-refractivity contribution in [1.82, 2.24) is 9.97 Å². The van der Waals surface area contributed by atoms with E-state index in [4.69, 9.17) is 9.47 Å². The Bertz CT molecular complexity index is 1020. The molecule has 6 nitrogen and oxygen atoms in total. The van der Waals surface area contributed by atoms with Gasteiger partial charge in [-0.25, -0.2) is 9.97 Å². The fraction of sp³-hybridized carbons (Fsp3) is 0.150. The molecule has 0 saturated heterocycles. The molecule has 1 aliphatic heterocycles. The van der Waals surface area contributed by atoms with Crippen molar-refractivity contribution < 1.29 is 9.47 Å².